The van der Waals surface area contributed by atoms with Crippen LogP contribution in [-0.2, 0) is 4.74 Å². The van der Waals surface area contributed by atoms with Crippen LogP contribution in [0, 0.1) is 25.2 Å². The molecule has 0 aliphatic heterocycles. The Morgan fingerprint density at radius 2 is 1.96 bits per heavy atom. The van der Waals surface area contributed by atoms with Crippen LogP contribution in [0.3, 0.4) is 0 Å². The van der Waals surface area contributed by atoms with Crippen LogP contribution in [0.25, 0.3) is 15.0 Å². The number of hydrogen-bond acceptors (Lipinski definition) is 2. The Kier molecular flexibility index (Phi) is 4.83. The lowest BCUT2D eigenvalue weighted by molar-refractivity contribution is -0.000691. The molecule has 0 amide bonds. The maximum absolute atomic E-state index is 12.7. The minimum absolute atomic E-state index is 0.0741. The molecular formula is C25H23O2S+. The second-order valence-corrected chi connectivity index (χ2v) is 9.54. The molecule has 0 N–H and O–H groups in total. The zero-order chi connectivity index (χ0) is 19.7. The van der Waals surface area contributed by atoms with Gasteiger partial charge in [0.2, 0.25) is 0 Å². The van der Waals surface area contributed by atoms with E-state index >= 15 is 0 Å². The predicted octanol–water partition coefficient (Wildman–Crippen LogP) is 6.40. The Morgan fingerprint density at radius 1 is 1.21 bits per heavy atom. The molecule has 1 aromatic heterocycles. The number of terminal acetylenes is 1. The van der Waals surface area contributed by atoms with Crippen molar-refractivity contribution in [2.75, 3.05) is 0 Å². The average Bonchev–Trinajstić information content (AvgIpc) is 3.35. The largest absolute Gasteiger partial charge is 0.442 e. The van der Waals surface area contributed by atoms with Gasteiger partial charge in [0, 0.05) is 34.8 Å². The summed E-state index contributed by atoms with van der Waals surface area (Å²) < 4.78 is 7.10. The first kappa shape index (κ1) is 18.5. The van der Waals surface area contributed by atoms with Crippen LogP contribution in [0.4, 0.5) is 0 Å². The summed E-state index contributed by atoms with van der Waals surface area (Å²) in [5, 5.41) is 1.28. The molecule has 0 saturated heterocycles. The second kappa shape index (κ2) is 7.30. The number of allylic oxidation sites excluding steroid dienone is 1. The van der Waals surface area contributed by atoms with Crippen molar-refractivity contribution in [2.24, 2.45) is 5.92 Å². The highest BCUT2D eigenvalue weighted by Gasteiger charge is 2.36. The van der Waals surface area contributed by atoms with Gasteiger partial charge in [-0.15, -0.1) is 6.42 Å². The number of hydrogen-bond donors (Lipinski definition) is 0. The van der Waals surface area contributed by atoms with Gasteiger partial charge in [0.1, 0.15) is 0 Å². The molecule has 1 aliphatic rings. The van der Waals surface area contributed by atoms with E-state index < -0.39 is 5.60 Å². The fraction of sp³-hybridized carbons (Fsp3) is 0.240. The van der Waals surface area contributed by atoms with Crippen molar-refractivity contribution in [3.63, 3.8) is 0 Å². The van der Waals surface area contributed by atoms with E-state index in [4.69, 9.17) is 11.2 Å². The Balaban J connectivity index is 1.59. The van der Waals surface area contributed by atoms with Crippen molar-refractivity contribution in [3.05, 3.63) is 77.2 Å². The highest BCUT2D eigenvalue weighted by Crippen LogP contribution is 2.43. The van der Waals surface area contributed by atoms with Crippen LogP contribution < -0.4 is 0 Å². The molecular weight excluding hydrogens is 364 g/mol. The van der Waals surface area contributed by atoms with Crippen molar-refractivity contribution < 1.29 is 9.53 Å². The lowest BCUT2D eigenvalue weighted by Crippen LogP contribution is -2.36. The summed E-state index contributed by atoms with van der Waals surface area (Å²) in [5.74, 6) is 2.40. The lowest BCUT2D eigenvalue weighted by Gasteiger charge is -2.29. The summed E-state index contributed by atoms with van der Waals surface area (Å²) in [6.45, 7) is 3.99. The quantitative estimate of drug-likeness (QED) is 0.224. The molecule has 0 spiro atoms. The summed E-state index contributed by atoms with van der Waals surface area (Å²) in [4.78, 5) is 15.3. The van der Waals surface area contributed by atoms with Gasteiger partial charge in [0.15, 0.2) is 20.1 Å². The molecule has 3 unspecified atom stereocenters. The minimum Gasteiger partial charge on any atom is -0.442 e. The third-order valence-electron chi connectivity index (χ3n) is 5.46. The van der Waals surface area contributed by atoms with Gasteiger partial charge in [-0.2, -0.15) is 0 Å². The van der Waals surface area contributed by atoms with Crippen LogP contribution in [-0.4, -0.2) is 11.6 Å². The molecule has 0 radical (unpaired) electrons. The van der Waals surface area contributed by atoms with Gasteiger partial charge in [-0.3, -0.25) is 0 Å². The molecule has 1 heterocycles. The number of carbonyl (C=O) groups is 1. The number of aryl methyl sites for hydroxylation is 1. The Morgan fingerprint density at radius 3 is 2.64 bits per heavy atom. The van der Waals surface area contributed by atoms with Gasteiger partial charge in [0.05, 0.1) is 5.56 Å². The third-order valence-corrected chi connectivity index (χ3v) is 7.77. The predicted molar refractivity (Wildman–Crippen MR) is 117 cm³/mol. The molecule has 3 aromatic rings. The summed E-state index contributed by atoms with van der Waals surface area (Å²) in [6, 6.07) is 18.5. The van der Waals surface area contributed by atoms with E-state index in [1.165, 1.54) is 19.9 Å². The van der Waals surface area contributed by atoms with Crippen LogP contribution in [0.5, 0.6) is 0 Å². The Bertz CT molecular complexity index is 1100. The summed E-state index contributed by atoms with van der Waals surface area (Å²) in [7, 11) is -0.0869. The number of fused-ring (bicyclic) bond motifs is 1. The number of rotatable bonds is 4. The smallest absolute Gasteiger partial charge is 0.339 e. The maximum atomic E-state index is 12.7. The standard InChI is InChI=1S/C25H23O2S/c1-4-25(3,21-10-6-7-11-21)27-24(26)19-13-15-22(16-14-19)28-18(2)17-20-9-5-8-12-23(20)28/h1,5-6,8-10,12-17,21H,7,11H2,2-3H3/q+1. The molecule has 0 fully saturated rings. The number of carbonyl (C=O) groups excluding carboxylic acids is 1. The molecule has 4 rings (SSSR count). The van der Waals surface area contributed by atoms with Crippen LogP contribution in [0.1, 0.15) is 35.0 Å². The van der Waals surface area contributed by atoms with Gasteiger partial charge in [-0.1, -0.05) is 30.2 Å². The maximum Gasteiger partial charge on any atom is 0.339 e. The molecule has 2 aromatic carbocycles. The van der Waals surface area contributed by atoms with Crippen LogP contribution in [0.15, 0.2) is 66.7 Å². The zero-order valence-corrected chi connectivity index (χ0v) is 17.0. The van der Waals surface area contributed by atoms with Gasteiger partial charge in [-0.25, -0.2) is 4.79 Å². The number of esters is 1. The first-order valence-electron chi connectivity index (χ1n) is 9.51. The van der Waals surface area contributed by atoms with Crippen molar-refractivity contribution >= 4 is 26.5 Å². The summed E-state index contributed by atoms with van der Waals surface area (Å²) in [5.41, 5.74) is -0.376. The SMILES string of the molecule is C#CC(C)(OC(=O)c1ccc(-[s+]2c(C)cc3ccccc32)cc1)C1C=CCC1. The number of ether oxygens (including phenoxy) is 1. The number of thiophene rings is 1. The highest BCUT2D eigenvalue weighted by molar-refractivity contribution is 7.45. The molecule has 28 heavy (non-hydrogen) atoms. The van der Waals surface area contributed by atoms with Crippen molar-refractivity contribution in [2.45, 2.75) is 32.3 Å². The topological polar surface area (TPSA) is 26.3 Å². The lowest BCUT2D eigenvalue weighted by atomic mass is 9.89. The second-order valence-electron chi connectivity index (χ2n) is 7.38. The summed E-state index contributed by atoms with van der Waals surface area (Å²) >= 11 is 0. The first-order chi connectivity index (χ1) is 13.5. The van der Waals surface area contributed by atoms with E-state index in [2.05, 4.69) is 55.3 Å². The molecule has 0 bridgehead atoms. The Hall–Kier alpha value is -2.83. The summed E-state index contributed by atoms with van der Waals surface area (Å²) in [6.07, 6.45) is 11.8. The normalized spacial score (nSPS) is 18.6. The molecule has 1 aliphatic carbocycles. The number of benzene rings is 2. The monoisotopic (exact) mass is 387 g/mol. The molecule has 0 saturated carbocycles. The fourth-order valence-corrected chi connectivity index (χ4v) is 6.04. The van der Waals surface area contributed by atoms with Crippen LogP contribution in [0.2, 0.25) is 0 Å². The van der Waals surface area contributed by atoms with E-state index in [1.54, 1.807) is 0 Å². The van der Waals surface area contributed by atoms with E-state index in [0.29, 0.717) is 5.56 Å². The van der Waals surface area contributed by atoms with Crippen molar-refractivity contribution in [1.29, 1.82) is 0 Å². The molecule has 140 valence electrons. The first-order valence-corrected chi connectivity index (χ1v) is 10.7. The van der Waals surface area contributed by atoms with E-state index in [1.807, 2.05) is 31.2 Å². The Labute approximate surface area is 168 Å². The minimum atomic E-state index is -0.909. The van der Waals surface area contributed by atoms with E-state index in [9.17, 15) is 4.79 Å². The molecule has 3 atom stereocenters. The molecule has 2 nitrogen and oxygen atoms in total. The van der Waals surface area contributed by atoms with E-state index in [-0.39, 0.29) is 22.4 Å². The van der Waals surface area contributed by atoms with Gasteiger partial charge in [0.25, 0.3) is 0 Å². The van der Waals surface area contributed by atoms with Crippen molar-refractivity contribution in [1.82, 2.24) is 0 Å². The fourth-order valence-electron chi connectivity index (χ4n) is 3.83. The third kappa shape index (κ3) is 3.25. The average molecular weight is 388 g/mol. The van der Waals surface area contributed by atoms with Crippen molar-refractivity contribution in [3.8, 4) is 17.2 Å². The van der Waals surface area contributed by atoms with Crippen LogP contribution >= 0.6 is 10.5 Å². The molecule has 3 heteroatoms. The van der Waals surface area contributed by atoms with Gasteiger partial charge >= 0.3 is 5.97 Å². The zero-order valence-electron chi connectivity index (χ0n) is 16.1. The van der Waals surface area contributed by atoms with Gasteiger partial charge < -0.3 is 4.74 Å². The van der Waals surface area contributed by atoms with Gasteiger partial charge in [-0.05, 0) is 56.2 Å². The van der Waals surface area contributed by atoms with E-state index in [0.717, 1.165) is 12.8 Å². The highest BCUT2D eigenvalue weighted by atomic mass is 32.2.